The van der Waals surface area contributed by atoms with Crippen LogP contribution < -0.4 is 10.6 Å². The molecular formula is C22H16F4N2O5. The summed E-state index contributed by atoms with van der Waals surface area (Å²) < 4.78 is 61.4. The zero-order chi connectivity index (χ0) is 24.0. The van der Waals surface area contributed by atoms with Gasteiger partial charge in [0.05, 0.1) is 12.1 Å². The Kier molecular flexibility index (Phi) is 7.11. The van der Waals surface area contributed by atoms with Crippen LogP contribution in [0.1, 0.15) is 16.1 Å². The molecule has 7 nitrogen and oxygen atoms in total. The summed E-state index contributed by atoms with van der Waals surface area (Å²) in [6.45, 7) is -1.14. The van der Waals surface area contributed by atoms with E-state index < -0.39 is 48.5 Å². The van der Waals surface area contributed by atoms with Crippen LogP contribution in [0.25, 0.3) is 11.3 Å². The number of amides is 2. The molecule has 2 aromatic carbocycles. The minimum atomic E-state index is -4.53. The number of alkyl halides is 3. The Morgan fingerprint density at radius 3 is 2.36 bits per heavy atom. The lowest BCUT2D eigenvalue weighted by Crippen LogP contribution is -2.35. The third kappa shape index (κ3) is 6.66. The average molecular weight is 464 g/mol. The minimum Gasteiger partial charge on any atom is -0.450 e. The van der Waals surface area contributed by atoms with Crippen molar-refractivity contribution in [3.63, 3.8) is 0 Å². The van der Waals surface area contributed by atoms with Gasteiger partial charge < -0.3 is 19.8 Å². The van der Waals surface area contributed by atoms with Crippen LogP contribution >= 0.6 is 0 Å². The van der Waals surface area contributed by atoms with Crippen molar-refractivity contribution >= 4 is 23.5 Å². The third-order valence-electron chi connectivity index (χ3n) is 4.19. The van der Waals surface area contributed by atoms with E-state index in [1.54, 1.807) is 0 Å². The first-order valence-corrected chi connectivity index (χ1v) is 9.38. The summed E-state index contributed by atoms with van der Waals surface area (Å²) in [5.41, 5.74) is -0.439. The molecule has 0 radical (unpaired) electrons. The Morgan fingerprint density at radius 2 is 1.67 bits per heavy atom. The highest BCUT2D eigenvalue weighted by Crippen LogP contribution is 2.32. The maximum atomic E-state index is 12.8. The van der Waals surface area contributed by atoms with Crippen molar-refractivity contribution in [3.05, 3.63) is 77.8 Å². The fraction of sp³-hybridized carbons (Fsp3) is 0.136. The van der Waals surface area contributed by atoms with Crippen molar-refractivity contribution in [2.45, 2.75) is 6.18 Å². The van der Waals surface area contributed by atoms with Gasteiger partial charge in [0, 0.05) is 11.3 Å². The molecule has 2 N–H and O–H groups in total. The van der Waals surface area contributed by atoms with E-state index in [9.17, 15) is 31.9 Å². The van der Waals surface area contributed by atoms with Gasteiger partial charge in [-0.3, -0.25) is 9.59 Å². The summed E-state index contributed by atoms with van der Waals surface area (Å²) in [5.74, 6) is -3.15. The molecule has 0 atom stereocenters. The number of carbonyl (C=O) groups is 3. The van der Waals surface area contributed by atoms with Crippen molar-refractivity contribution in [3.8, 4) is 11.3 Å². The standard InChI is InChI=1S/C22H16F4N2O5/c23-15-4-6-16(7-5-15)28-19(29)11-27-20(30)12-32-21(31)18-9-8-17(33-18)13-2-1-3-14(10-13)22(24,25)26/h1-10H,11-12H2,(H,27,30)(H,28,29). The fourth-order valence-electron chi connectivity index (χ4n) is 2.62. The van der Waals surface area contributed by atoms with Gasteiger partial charge in [-0.1, -0.05) is 12.1 Å². The molecule has 0 spiro atoms. The highest BCUT2D eigenvalue weighted by molar-refractivity contribution is 5.95. The van der Waals surface area contributed by atoms with Gasteiger partial charge in [0.1, 0.15) is 11.6 Å². The molecule has 33 heavy (non-hydrogen) atoms. The number of nitrogens with one attached hydrogen (secondary N) is 2. The van der Waals surface area contributed by atoms with Crippen LogP contribution in [0.5, 0.6) is 0 Å². The van der Waals surface area contributed by atoms with Gasteiger partial charge in [0.15, 0.2) is 6.61 Å². The summed E-state index contributed by atoms with van der Waals surface area (Å²) in [6, 6.07) is 11.8. The zero-order valence-corrected chi connectivity index (χ0v) is 16.7. The van der Waals surface area contributed by atoms with E-state index in [2.05, 4.69) is 10.6 Å². The van der Waals surface area contributed by atoms with Crippen LogP contribution in [0.2, 0.25) is 0 Å². The lowest BCUT2D eigenvalue weighted by Gasteiger charge is -2.08. The van der Waals surface area contributed by atoms with Gasteiger partial charge in [-0.2, -0.15) is 13.2 Å². The average Bonchev–Trinajstić information content (AvgIpc) is 3.28. The predicted octanol–water partition coefficient (Wildman–Crippen LogP) is 4.02. The number of furan rings is 1. The number of benzene rings is 2. The van der Waals surface area contributed by atoms with Gasteiger partial charge >= 0.3 is 12.1 Å². The molecule has 11 heteroatoms. The molecule has 0 fully saturated rings. The number of carbonyl (C=O) groups excluding carboxylic acids is 3. The van der Waals surface area contributed by atoms with Crippen LogP contribution in [0.4, 0.5) is 23.2 Å². The Balaban J connectivity index is 1.48. The van der Waals surface area contributed by atoms with Crippen LogP contribution in [-0.2, 0) is 20.5 Å². The van der Waals surface area contributed by atoms with Crippen molar-refractivity contribution in [1.82, 2.24) is 5.32 Å². The summed E-state index contributed by atoms with van der Waals surface area (Å²) in [7, 11) is 0. The van der Waals surface area contributed by atoms with Crippen molar-refractivity contribution < 1.29 is 41.1 Å². The van der Waals surface area contributed by atoms with Crippen LogP contribution in [0.15, 0.2) is 65.1 Å². The second-order valence-electron chi connectivity index (χ2n) is 6.65. The second kappa shape index (κ2) is 9.98. The third-order valence-corrected chi connectivity index (χ3v) is 4.19. The molecule has 2 amide bonds. The fourth-order valence-corrected chi connectivity index (χ4v) is 2.62. The Bertz CT molecular complexity index is 1160. The van der Waals surface area contributed by atoms with Crippen LogP contribution in [-0.4, -0.2) is 30.9 Å². The minimum absolute atomic E-state index is 0.00923. The van der Waals surface area contributed by atoms with Crippen molar-refractivity contribution in [2.75, 3.05) is 18.5 Å². The summed E-state index contributed by atoms with van der Waals surface area (Å²) in [6.07, 6.45) is -4.53. The van der Waals surface area contributed by atoms with E-state index in [-0.39, 0.29) is 17.1 Å². The lowest BCUT2D eigenvalue weighted by atomic mass is 10.1. The van der Waals surface area contributed by atoms with E-state index in [1.165, 1.54) is 36.4 Å². The van der Waals surface area contributed by atoms with Crippen molar-refractivity contribution in [1.29, 1.82) is 0 Å². The number of rotatable bonds is 7. The largest absolute Gasteiger partial charge is 0.450 e. The highest BCUT2D eigenvalue weighted by Gasteiger charge is 2.30. The molecule has 0 unspecified atom stereocenters. The number of hydrogen-bond acceptors (Lipinski definition) is 5. The van der Waals surface area contributed by atoms with E-state index in [1.807, 2.05) is 0 Å². The summed E-state index contributed by atoms with van der Waals surface area (Å²) in [4.78, 5) is 35.6. The zero-order valence-electron chi connectivity index (χ0n) is 16.7. The first-order chi connectivity index (χ1) is 15.6. The molecule has 0 aliphatic carbocycles. The van der Waals surface area contributed by atoms with E-state index in [4.69, 9.17) is 9.15 Å². The van der Waals surface area contributed by atoms with Gasteiger partial charge in [-0.05, 0) is 48.5 Å². The Hall–Kier alpha value is -4.15. The van der Waals surface area contributed by atoms with Gasteiger partial charge in [0.2, 0.25) is 11.7 Å². The Morgan fingerprint density at radius 1 is 0.939 bits per heavy atom. The summed E-state index contributed by atoms with van der Waals surface area (Å²) in [5, 5.41) is 4.67. The number of ether oxygens (including phenoxy) is 1. The molecule has 0 aliphatic heterocycles. The molecule has 0 bridgehead atoms. The molecule has 1 aromatic heterocycles. The summed E-state index contributed by atoms with van der Waals surface area (Å²) >= 11 is 0. The molecule has 0 saturated carbocycles. The normalized spacial score (nSPS) is 11.0. The van der Waals surface area contributed by atoms with Gasteiger partial charge in [0.25, 0.3) is 5.91 Å². The molecule has 3 rings (SSSR count). The second-order valence-corrected chi connectivity index (χ2v) is 6.65. The number of esters is 1. The monoisotopic (exact) mass is 464 g/mol. The maximum Gasteiger partial charge on any atom is 0.416 e. The molecule has 1 heterocycles. The van der Waals surface area contributed by atoms with Crippen LogP contribution in [0.3, 0.4) is 0 Å². The molecule has 0 aliphatic rings. The van der Waals surface area contributed by atoms with Gasteiger partial charge in [-0.25, -0.2) is 9.18 Å². The molecule has 172 valence electrons. The smallest absolute Gasteiger partial charge is 0.416 e. The number of anilines is 1. The number of hydrogen-bond donors (Lipinski definition) is 2. The van der Waals surface area contributed by atoms with Crippen molar-refractivity contribution in [2.24, 2.45) is 0 Å². The van der Waals surface area contributed by atoms with Crippen LogP contribution in [0, 0.1) is 5.82 Å². The lowest BCUT2D eigenvalue weighted by molar-refractivity contribution is -0.137. The molecule has 0 saturated heterocycles. The quantitative estimate of drug-likeness (QED) is 0.407. The Labute approximate surface area is 184 Å². The first-order valence-electron chi connectivity index (χ1n) is 9.38. The van der Waals surface area contributed by atoms with E-state index in [0.717, 1.165) is 24.3 Å². The van der Waals surface area contributed by atoms with E-state index >= 15 is 0 Å². The first kappa shape index (κ1) is 23.5. The predicted molar refractivity (Wildman–Crippen MR) is 107 cm³/mol. The highest BCUT2D eigenvalue weighted by atomic mass is 19.4. The molecular weight excluding hydrogens is 448 g/mol. The van der Waals surface area contributed by atoms with E-state index in [0.29, 0.717) is 5.69 Å². The molecule has 3 aromatic rings. The SMILES string of the molecule is O=C(COC(=O)c1ccc(-c2cccc(C(F)(F)F)c2)o1)NCC(=O)Nc1ccc(F)cc1. The van der Waals surface area contributed by atoms with Gasteiger partial charge in [-0.15, -0.1) is 0 Å². The maximum absolute atomic E-state index is 12.8. The number of halogens is 4. The topological polar surface area (TPSA) is 97.6 Å².